The maximum absolute atomic E-state index is 12.0. The molecule has 0 aliphatic carbocycles. The van der Waals surface area contributed by atoms with Crippen molar-refractivity contribution < 1.29 is 23.8 Å². The summed E-state index contributed by atoms with van der Waals surface area (Å²) in [7, 11) is 2.74. The highest BCUT2D eigenvalue weighted by molar-refractivity contribution is 5.74. The molecule has 0 spiro atoms. The standard InChI is InChI=1S/C17H22O5/c1-10-5-6-14-13(7-10)16(11(2)17(19)21-4)12(9-22-14)8-15(18)20-3/h5-7,11-12,16H,8-9H2,1-4H3. The van der Waals surface area contributed by atoms with Crippen LogP contribution >= 0.6 is 0 Å². The van der Waals surface area contributed by atoms with E-state index in [0.717, 1.165) is 16.9 Å². The highest BCUT2D eigenvalue weighted by atomic mass is 16.5. The molecule has 1 aliphatic heterocycles. The van der Waals surface area contributed by atoms with E-state index in [1.807, 2.05) is 32.0 Å². The molecule has 0 bridgehead atoms. The van der Waals surface area contributed by atoms with Crippen molar-refractivity contribution in [3.63, 3.8) is 0 Å². The second-order valence-electron chi connectivity index (χ2n) is 5.73. The number of esters is 2. The van der Waals surface area contributed by atoms with Crippen LogP contribution in [0.2, 0.25) is 0 Å². The van der Waals surface area contributed by atoms with Gasteiger partial charge in [0.1, 0.15) is 5.75 Å². The fourth-order valence-electron chi connectivity index (χ4n) is 3.11. The lowest BCUT2D eigenvalue weighted by Gasteiger charge is -2.36. The number of benzene rings is 1. The van der Waals surface area contributed by atoms with Gasteiger partial charge in [-0.1, -0.05) is 24.6 Å². The Bertz CT molecular complexity index is 566. The van der Waals surface area contributed by atoms with Crippen molar-refractivity contribution in [2.24, 2.45) is 11.8 Å². The zero-order chi connectivity index (χ0) is 16.3. The van der Waals surface area contributed by atoms with Crippen molar-refractivity contribution in [3.8, 4) is 5.75 Å². The van der Waals surface area contributed by atoms with E-state index in [1.54, 1.807) is 0 Å². The van der Waals surface area contributed by atoms with E-state index in [-0.39, 0.29) is 36.1 Å². The molecule has 0 amide bonds. The minimum atomic E-state index is -0.357. The molecule has 0 N–H and O–H groups in total. The van der Waals surface area contributed by atoms with E-state index in [2.05, 4.69) is 0 Å². The maximum Gasteiger partial charge on any atom is 0.309 e. The Hall–Kier alpha value is -2.04. The second-order valence-corrected chi connectivity index (χ2v) is 5.73. The summed E-state index contributed by atoms with van der Waals surface area (Å²) in [5, 5.41) is 0. The van der Waals surface area contributed by atoms with Crippen LogP contribution in [-0.4, -0.2) is 32.8 Å². The first-order chi connectivity index (χ1) is 10.5. The zero-order valence-corrected chi connectivity index (χ0v) is 13.4. The predicted molar refractivity (Wildman–Crippen MR) is 80.7 cm³/mol. The van der Waals surface area contributed by atoms with Crippen LogP contribution < -0.4 is 4.74 Å². The molecule has 2 rings (SSSR count). The SMILES string of the molecule is COC(=O)CC1COc2ccc(C)cc2C1C(C)C(=O)OC. The number of aryl methyl sites for hydroxylation is 1. The monoisotopic (exact) mass is 306 g/mol. The van der Waals surface area contributed by atoms with Crippen LogP contribution in [0.1, 0.15) is 30.4 Å². The van der Waals surface area contributed by atoms with Crippen LogP contribution in [0.15, 0.2) is 18.2 Å². The summed E-state index contributed by atoms with van der Waals surface area (Å²) in [6, 6.07) is 5.90. The molecule has 5 heteroatoms. The van der Waals surface area contributed by atoms with Gasteiger partial charge in [-0.15, -0.1) is 0 Å². The van der Waals surface area contributed by atoms with E-state index in [4.69, 9.17) is 14.2 Å². The largest absolute Gasteiger partial charge is 0.493 e. The summed E-state index contributed by atoms with van der Waals surface area (Å²) in [6.45, 7) is 4.21. The van der Waals surface area contributed by atoms with Gasteiger partial charge in [0, 0.05) is 11.8 Å². The molecule has 0 saturated carbocycles. The number of fused-ring (bicyclic) bond motifs is 1. The summed E-state index contributed by atoms with van der Waals surface area (Å²) in [6.07, 6.45) is 0.218. The van der Waals surface area contributed by atoms with Crippen LogP contribution in [0.5, 0.6) is 5.75 Å². The number of carbonyl (C=O) groups is 2. The maximum atomic E-state index is 12.0. The number of ether oxygens (including phenoxy) is 3. The molecule has 0 radical (unpaired) electrons. The molecule has 1 aliphatic rings. The van der Waals surface area contributed by atoms with E-state index >= 15 is 0 Å². The lowest BCUT2D eigenvalue weighted by Crippen LogP contribution is -2.35. The topological polar surface area (TPSA) is 61.8 Å². The third-order valence-electron chi connectivity index (χ3n) is 4.25. The molecular formula is C17H22O5. The quantitative estimate of drug-likeness (QED) is 0.800. The van der Waals surface area contributed by atoms with Crippen molar-refractivity contribution in [1.82, 2.24) is 0 Å². The van der Waals surface area contributed by atoms with Gasteiger partial charge in [0.25, 0.3) is 0 Å². The van der Waals surface area contributed by atoms with Gasteiger partial charge in [0.15, 0.2) is 0 Å². The minimum Gasteiger partial charge on any atom is -0.493 e. The molecule has 1 aromatic carbocycles. The lowest BCUT2D eigenvalue weighted by molar-refractivity contribution is -0.148. The Kier molecular flexibility index (Phi) is 5.06. The third-order valence-corrected chi connectivity index (χ3v) is 4.25. The highest BCUT2D eigenvalue weighted by Crippen LogP contribution is 2.43. The molecular weight excluding hydrogens is 284 g/mol. The molecule has 0 fully saturated rings. The number of hydrogen-bond acceptors (Lipinski definition) is 5. The Morgan fingerprint density at radius 3 is 2.68 bits per heavy atom. The van der Waals surface area contributed by atoms with Crippen LogP contribution in [0.4, 0.5) is 0 Å². The van der Waals surface area contributed by atoms with Gasteiger partial charge in [0.2, 0.25) is 0 Å². The van der Waals surface area contributed by atoms with Crippen LogP contribution in [-0.2, 0) is 19.1 Å². The van der Waals surface area contributed by atoms with Crippen molar-refractivity contribution in [2.75, 3.05) is 20.8 Å². The number of methoxy groups -OCH3 is 2. The van der Waals surface area contributed by atoms with Crippen LogP contribution in [0.3, 0.4) is 0 Å². The minimum absolute atomic E-state index is 0.115. The Balaban J connectivity index is 2.40. The van der Waals surface area contributed by atoms with Gasteiger partial charge in [-0.25, -0.2) is 0 Å². The molecule has 1 heterocycles. The van der Waals surface area contributed by atoms with Gasteiger partial charge in [-0.3, -0.25) is 9.59 Å². The number of hydrogen-bond donors (Lipinski definition) is 0. The van der Waals surface area contributed by atoms with Crippen molar-refractivity contribution >= 4 is 11.9 Å². The molecule has 22 heavy (non-hydrogen) atoms. The van der Waals surface area contributed by atoms with Crippen molar-refractivity contribution in [1.29, 1.82) is 0 Å². The van der Waals surface area contributed by atoms with Gasteiger partial charge in [0.05, 0.1) is 33.2 Å². The summed E-state index contributed by atoms with van der Waals surface area (Å²) in [5.74, 6) is -0.413. The first kappa shape index (κ1) is 16.3. The molecule has 0 aromatic heterocycles. The first-order valence-corrected chi connectivity index (χ1v) is 7.36. The van der Waals surface area contributed by atoms with Gasteiger partial charge < -0.3 is 14.2 Å². The summed E-state index contributed by atoms with van der Waals surface area (Å²) in [4.78, 5) is 23.7. The summed E-state index contributed by atoms with van der Waals surface area (Å²) >= 11 is 0. The fraction of sp³-hybridized carbons (Fsp3) is 0.529. The van der Waals surface area contributed by atoms with E-state index in [0.29, 0.717) is 6.61 Å². The summed E-state index contributed by atoms with van der Waals surface area (Å²) < 4.78 is 15.4. The van der Waals surface area contributed by atoms with Gasteiger partial charge in [-0.2, -0.15) is 0 Å². The third kappa shape index (κ3) is 3.24. The summed E-state index contributed by atoms with van der Waals surface area (Å²) in [5.41, 5.74) is 2.04. The Labute approximate surface area is 130 Å². The van der Waals surface area contributed by atoms with Gasteiger partial charge in [-0.05, 0) is 18.6 Å². The van der Waals surface area contributed by atoms with Crippen LogP contribution in [0.25, 0.3) is 0 Å². The van der Waals surface area contributed by atoms with Gasteiger partial charge >= 0.3 is 11.9 Å². The molecule has 3 unspecified atom stereocenters. The Morgan fingerprint density at radius 1 is 1.32 bits per heavy atom. The van der Waals surface area contributed by atoms with Crippen LogP contribution in [0, 0.1) is 18.8 Å². The second kappa shape index (κ2) is 6.81. The Morgan fingerprint density at radius 2 is 2.05 bits per heavy atom. The predicted octanol–water partition coefficient (Wildman–Crippen LogP) is 2.46. The van der Waals surface area contributed by atoms with E-state index in [1.165, 1.54) is 14.2 Å². The lowest BCUT2D eigenvalue weighted by atomic mass is 9.74. The smallest absolute Gasteiger partial charge is 0.309 e. The average molecular weight is 306 g/mol. The normalized spacial score (nSPS) is 21.3. The van der Waals surface area contributed by atoms with Crippen molar-refractivity contribution in [2.45, 2.75) is 26.2 Å². The van der Waals surface area contributed by atoms with E-state index < -0.39 is 0 Å². The van der Waals surface area contributed by atoms with E-state index in [9.17, 15) is 9.59 Å². The average Bonchev–Trinajstić information content (AvgIpc) is 2.52. The highest BCUT2D eigenvalue weighted by Gasteiger charge is 2.39. The molecule has 1 aromatic rings. The zero-order valence-electron chi connectivity index (χ0n) is 13.4. The number of rotatable bonds is 4. The number of carbonyl (C=O) groups excluding carboxylic acids is 2. The van der Waals surface area contributed by atoms with Crippen molar-refractivity contribution in [3.05, 3.63) is 29.3 Å². The fourth-order valence-corrected chi connectivity index (χ4v) is 3.11. The first-order valence-electron chi connectivity index (χ1n) is 7.36. The molecule has 0 saturated heterocycles. The molecule has 3 atom stereocenters. The molecule has 5 nitrogen and oxygen atoms in total. The molecule has 120 valence electrons.